The summed E-state index contributed by atoms with van der Waals surface area (Å²) in [5, 5.41) is 3.73. The molecular weight excluding hydrogens is 369 g/mol. The third kappa shape index (κ3) is 3.97. The first-order valence-electron chi connectivity index (χ1n) is 9.78. The molecule has 1 aromatic carbocycles. The average Bonchev–Trinajstić information content (AvgIpc) is 3.00. The topological polar surface area (TPSA) is 52.7 Å². The van der Waals surface area contributed by atoms with Gasteiger partial charge < -0.3 is 15.1 Å². The predicted octanol–water partition coefficient (Wildman–Crippen LogP) is 2.68. The Balaban J connectivity index is 1.31. The van der Waals surface area contributed by atoms with Gasteiger partial charge in [0.15, 0.2) is 0 Å². The first-order chi connectivity index (χ1) is 13.0. The molecule has 0 spiro atoms. The molecule has 4 rings (SSSR count). The van der Waals surface area contributed by atoms with E-state index >= 15 is 0 Å². The van der Waals surface area contributed by atoms with Gasteiger partial charge in [0.2, 0.25) is 5.91 Å². The fourth-order valence-electron chi connectivity index (χ4n) is 4.74. The van der Waals surface area contributed by atoms with E-state index in [1.165, 1.54) is 31.0 Å². The number of hydrogen-bond donors (Lipinski definition) is 1. The largest absolute Gasteiger partial charge is 0.339 e. The summed E-state index contributed by atoms with van der Waals surface area (Å²) in [5.41, 5.74) is -0.0795. The highest BCUT2D eigenvalue weighted by molar-refractivity contribution is 6.33. The number of halogens is 2. The molecule has 2 unspecified atom stereocenters. The molecule has 7 heteroatoms. The second-order valence-corrected chi connectivity index (χ2v) is 8.36. The third-order valence-corrected chi connectivity index (χ3v) is 6.45. The van der Waals surface area contributed by atoms with Gasteiger partial charge in [-0.3, -0.25) is 9.59 Å². The van der Waals surface area contributed by atoms with Crippen molar-refractivity contribution >= 4 is 23.4 Å². The minimum Gasteiger partial charge on any atom is -0.339 e. The molecule has 3 aliphatic heterocycles. The number of amides is 2. The van der Waals surface area contributed by atoms with Crippen molar-refractivity contribution in [2.45, 2.75) is 44.2 Å². The lowest BCUT2D eigenvalue weighted by molar-refractivity contribution is -0.134. The fourth-order valence-corrected chi connectivity index (χ4v) is 4.98. The Morgan fingerprint density at radius 2 is 1.70 bits per heavy atom. The molecule has 3 fully saturated rings. The van der Waals surface area contributed by atoms with Crippen LogP contribution in [-0.2, 0) is 4.79 Å². The van der Waals surface area contributed by atoms with Crippen LogP contribution in [0.1, 0.15) is 42.5 Å². The number of piperazine rings is 1. The number of hydrogen-bond acceptors (Lipinski definition) is 3. The second-order valence-electron chi connectivity index (χ2n) is 7.95. The summed E-state index contributed by atoms with van der Waals surface area (Å²) in [4.78, 5) is 28.7. The quantitative estimate of drug-likeness (QED) is 0.859. The maximum Gasteiger partial charge on any atom is 0.258 e. The zero-order chi connectivity index (χ0) is 19.0. The summed E-state index contributed by atoms with van der Waals surface area (Å²) in [5.74, 6) is -0.364. The highest BCUT2D eigenvalue weighted by Crippen LogP contribution is 2.33. The van der Waals surface area contributed by atoms with Crippen LogP contribution in [0.2, 0.25) is 5.02 Å². The van der Waals surface area contributed by atoms with Crippen LogP contribution in [0, 0.1) is 11.7 Å². The van der Waals surface area contributed by atoms with Gasteiger partial charge in [-0.05, 0) is 43.7 Å². The van der Waals surface area contributed by atoms with E-state index in [0.29, 0.717) is 50.6 Å². The molecule has 2 amide bonds. The third-order valence-electron chi connectivity index (χ3n) is 6.13. The minimum atomic E-state index is -0.605. The first kappa shape index (κ1) is 18.7. The zero-order valence-corrected chi connectivity index (χ0v) is 16.1. The van der Waals surface area contributed by atoms with Gasteiger partial charge in [-0.1, -0.05) is 17.7 Å². The Bertz CT molecular complexity index is 704. The molecule has 27 heavy (non-hydrogen) atoms. The lowest BCUT2D eigenvalue weighted by atomic mass is 9.89. The van der Waals surface area contributed by atoms with Crippen LogP contribution >= 0.6 is 11.6 Å². The van der Waals surface area contributed by atoms with Crippen LogP contribution in [-0.4, -0.2) is 59.9 Å². The van der Waals surface area contributed by atoms with Crippen LogP contribution < -0.4 is 5.32 Å². The zero-order valence-electron chi connectivity index (χ0n) is 15.3. The summed E-state index contributed by atoms with van der Waals surface area (Å²) in [6.07, 6.45) is 5.24. The molecule has 2 bridgehead atoms. The fraction of sp³-hybridized carbons (Fsp3) is 0.600. The molecule has 2 atom stereocenters. The number of carbonyl (C=O) groups excluding carboxylic acids is 2. The predicted molar refractivity (Wildman–Crippen MR) is 101 cm³/mol. The van der Waals surface area contributed by atoms with Gasteiger partial charge in [0.05, 0.1) is 10.6 Å². The maximum absolute atomic E-state index is 14.0. The SMILES string of the molecule is O=C(CC1CC2CCC(C1)N2)N1CCN(C(=O)c2c(F)cccc2Cl)CC1. The molecule has 3 aliphatic rings. The average molecular weight is 394 g/mol. The monoisotopic (exact) mass is 393 g/mol. The lowest BCUT2D eigenvalue weighted by Gasteiger charge is -2.36. The van der Waals surface area contributed by atoms with E-state index in [-0.39, 0.29) is 16.5 Å². The number of fused-ring (bicyclic) bond motifs is 2. The Labute approximate surface area is 163 Å². The Morgan fingerprint density at radius 3 is 2.33 bits per heavy atom. The van der Waals surface area contributed by atoms with Crippen LogP contribution in [0.15, 0.2) is 18.2 Å². The highest BCUT2D eigenvalue weighted by atomic mass is 35.5. The summed E-state index contributed by atoms with van der Waals surface area (Å²) in [7, 11) is 0. The molecule has 0 aromatic heterocycles. The van der Waals surface area contributed by atoms with E-state index in [9.17, 15) is 14.0 Å². The van der Waals surface area contributed by atoms with Crippen LogP contribution in [0.4, 0.5) is 4.39 Å². The first-order valence-corrected chi connectivity index (χ1v) is 10.2. The van der Waals surface area contributed by atoms with Gasteiger partial charge >= 0.3 is 0 Å². The van der Waals surface area contributed by atoms with E-state index in [4.69, 9.17) is 11.6 Å². The van der Waals surface area contributed by atoms with Crippen molar-refractivity contribution in [3.63, 3.8) is 0 Å². The lowest BCUT2D eigenvalue weighted by Crippen LogP contribution is -2.51. The summed E-state index contributed by atoms with van der Waals surface area (Å²) in [6.45, 7) is 1.81. The number of carbonyl (C=O) groups is 2. The van der Waals surface area contributed by atoms with Crippen LogP contribution in [0.25, 0.3) is 0 Å². The maximum atomic E-state index is 14.0. The highest BCUT2D eigenvalue weighted by Gasteiger charge is 2.35. The molecule has 146 valence electrons. The van der Waals surface area contributed by atoms with Gasteiger partial charge in [-0.15, -0.1) is 0 Å². The van der Waals surface area contributed by atoms with Crippen molar-refractivity contribution < 1.29 is 14.0 Å². The van der Waals surface area contributed by atoms with Crippen molar-refractivity contribution in [3.8, 4) is 0 Å². The molecule has 0 saturated carbocycles. The number of nitrogens with zero attached hydrogens (tertiary/aromatic N) is 2. The van der Waals surface area contributed by atoms with Gasteiger partial charge in [-0.2, -0.15) is 0 Å². The van der Waals surface area contributed by atoms with Crippen molar-refractivity contribution in [2.75, 3.05) is 26.2 Å². The van der Waals surface area contributed by atoms with E-state index in [2.05, 4.69) is 5.32 Å². The molecule has 3 saturated heterocycles. The minimum absolute atomic E-state index is 0.0795. The number of piperidine rings is 1. The van der Waals surface area contributed by atoms with Gasteiger partial charge in [0, 0.05) is 44.7 Å². The van der Waals surface area contributed by atoms with Crippen LogP contribution in [0.5, 0.6) is 0 Å². The van der Waals surface area contributed by atoms with Gasteiger partial charge in [-0.25, -0.2) is 4.39 Å². The summed E-state index contributed by atoms with van der Waals surface area (Å²) in [6, 6.07) is 5.41. The normalized spacial score (nSPS) is 27.7. The van der Waals surface area contributed by atoms with Gasteiger partial charge in [0.25, 0.3) is 5.91 Å². The number of benzene rings is 1. The van der Waals surface area contributed by atoms with E-state index < -0.39 is 11.7 Å². The second kappa shape index (κ2) is 7.76. The Hall–Kier alpha value is -1.66. The van der Waals surface area contributed by atoms with Crippen molar-refractivity contribution in [2.24, 2.45) is 5.92 Å². The van der Waals surface area contributed by atoms with Crippen LogP contribution in [0.3, 0.4) is 0 Å². The number of rotatable bonds is 3. The standard InChI is InChI=1S/C20H25ClFN3O2/c21-16-2-1-3-17(22)19(16)20(27)25-8-6-24(7-9-25)18(26)12-13-10-14-4-5-15(11-13)23-14/h1-3,13-15,23H,4-12H2. The molecule has 1 N–H and O–H groups in total. The number of nitrogens with one attached hydrogen (secondary N) is 1. The summed E-state index contributed by atoms with van der Waals surface area (Å²) < 4.78 is 14.0. The van der Waals surface area contributed by atoms with Gasteiger partial charge in [0.1, 0.15) is 5.82 Å². The van der Waals surface area contributed by atoms with Crippen molar-refractivity contribution in [1.29, 1.82) is 0 Å². The van der Waals surface area contributed by atoms with Crippen molar-refractivity contribution in [1.82, 2.24) is 15.1 Å². The summed E-state index contributed by atoms with van der Waals surface area (Å²) >= 11 is 6.00. The smallest absolute Gasteiger partial charge is 0.258 e. The molecular formula is C20H25ClFN3O2. The molecule has 1 aromatic rings. The molecule has 0 radical (unpaired) electrons. The molecule has 3 heterocycles. The Morgan fingerprint density at radius 1 is 1.07 bits per heavy atom. The Kier molecular flexibility index (Phi) is 5.37. The van der Waals surface area contributed by atoms with E-state index in [1.54, 1.807) is 4.90 Å². The molecule has 0 aliphatic carbocycles. The molecule has 5 nitrogen and oxygen atoms in total. The van der Waals surface area contributed by atoms with Crippen molar-refractivity contribution in [3.05, 3.63) is 34.6 Å². The van der Waals surface area contributed by atoms with E-state index in [0.717, 1.165) is 12.8 Å². The van der Waals surface area contributed by atoms with E-state index in [1.807, 2.05) is 4.90 Å².